The lowest BCUT2D eigenvalue weighted by atomic mass is 10.0. The van der Waals surface area contributed by atoms with Gasteiger partial charge in [0.15, 0.2) is 5.16 Å². The molecule has 128 valence electrons. The molecule has 3 aromatic rings. The normalized spacial score (nSPS) is 18.6. The van der Waals surface area contributed by atoms with Crippen molar-refractivity contribution in [2.75, 3.05) is 13.0 Å². The summed E-state index contributed by atoms with van der Waals surface area (Å²) in [6.45, 7) is 2.25. The van der Waals surface area contributed by atoms with Gasteiger partial charge in [-0.2, -0.15) is 0 Å². The number of thioether (sulfide) groups is 1. The lowest BCUT2D eigenvalue weighted by Gasteiger charge is -2.40. The van der Waals surface area contributed by atoms with Gasteiger partial charge in [0.25, 0.3) is 0 Å². The molecule has 0 saturated heterocycles. The summed E-state index contributed by atoms with van der Waals surface area (Å²) in [7, 11) is 1.69. The molecule has 1 aliphatic heterocycles. The molecule has 4 rings (SSSR count). The van der Waals surface area contributed by atoms with Crippen molar-refractivity contribution in [3.63, 3.8) is 0 Å². The number of nitrogens with zero attached hydrogens (tertiary/aromatic N) is 4. The lowest BCUT2D eigenvalue weighted by Crippen LogP contribution is -2.38. The Morgan fingerprint density at radius 2 is 1.88 bits per heavy atom. The molecule has 25 heavy (non-hydrogen) atoms. The first-order chi connectivity index (χ1) is 12.3. The summed E-state index contributed by atoms with van der Waals surface area (Å²) < 4.78 is 7.45. The molecular weight excluding hydrogens is 332 g/mol. The molecule has 0 N–H and O–H groups in total. The maximum atomic E-state index is 5.31. The Morgan fingerprint density at radius 1 is 1.12 bits per heavy atom. The fourth-order valence-corrected chi connectivity index (χ4v) is 4.27. The predicted octanol–water partition coefficient (Wildman–Crippen LogP) is 3.96. The molecule has 6 heteroatoms. The highest BCUT2D eigenvalue weighted by atomic mass is 32.2. The predicted molar refractivity (Wildman–Crippen MR) is 98.6 cm³/mol. The Labute approximate surface area is 151 Å². The average molecular weight is 352 g/mol. The fraction of sp³-hybridized carbons (Fsp3) is 0.263. The van der Waals surface area contributed by atoms with Crippen LogP contribution >= 0.6 is 11.8 Å². The van der Waals surface area contributed by atoms with Crippen LogP contribution in [0.1, 0.15) is 30.3 Å². The second kappa shape index (κ2) is 6.90. The summed E-state index contributed by atoms with van der Waals surface area (Å²) in [5.41, 5.74) is 2.50. The maximum Gasteiger partial charge on any atom is 0.193 e. The zero-order valence-electron chi connectivity index (χ0n) is 14.2. The lowest BCUT2D eigenvalue weighted by molar-refractivity contribution is 0.136. The van der Waals surface area contributed by atoms with Gasteiger partial charge in [-0.3, -0.25) is 9.47 Å². The van der Waals surface area contributed by atoms with E-state index in [4.69, 9.17) is 4.74 Å². The minimum absolute atomic E-state index is 0.0624. The van der Waals surface area contributed by atoms with Crippen LogP contribution in [-0.2, 0) is 0 Å². The van der Waals surface area contributed by atoms with E-state index in [2.05, 4.69) is 69.1 Å². The van der Waals surface area contributed by atoms with Crippen molar-refractivity contribution in [2.45, 2.75) is 24.3 Å². The molecule has 1 aromatic heterocycles. The van der Waals surface area contributed by atoms with Gasteiger partial charge in [0.2, 0.25) is 0 Å². The zero-order chi connectivity index (χ0) is 17.2. The van der Waals surface area contributed by atoms with Crippen molar-refractivity contribution < 1.29 is 4.74 Å². The van der Waals surface area contributed by atoms with Crippen LogP contribution in [0.15, 0.2) is 66.1 Å². The van der Waals surface area contributed by atoms with E-state index in [1.807, 2.05) is 18.5 Å². The molecular formula is C19H20N4OS. The smallest absolute Gasteiger partial charge is 0.193 e. The molecule has 0 bridgehead atoms. The Bertz CT molecular complexity index is 834. The van der Waals surface area contributed by atoms with Crippen molar-refractivity contribution >= 4 is 11.8 Å². The monoisotopic (exact) mass is 352 g/mol. The highest BCUT2D eigenvalue weighted by molar-refractivity contribution is 7.99. The Balaban J connectivity index is 1.74. The highest BCUT2D eigenvalue weighted by Gasteiger charge is 2.33. The van der Waals surface area contributed by atoms with E-state index >= 15 is 0 Å². The molecule has 2 aromatic carbocycles. The quantitative estimate of drug-likeness (QED) is 0.711. The number of benzene rings is 2. The van der Waals surface area contributed by atoms with Crippen molar-refractivity contribution in [2.24, 2.45) is 0 Å². The molecule has 0 fully saturated rings. The van der Waals surface area contributed by atoms with E-state index in [1.54, 1.807) is 18.9 Å². The van der Waals surface area contributed by atoms with Gasteiger partial charge in [-0.1, -0.05) is 54.2 Å². The molecule has 5 nitrogen and oxygen atoms in total. The van der Waals surface area contributed by atoms with E-state index in [0.717, 1.165) is 16.8 Å². The van der Waals surface area contributed by atoms with Crippen LogP contribution < -0.4 is 4.74 Å². The maximum absolute atomic E-state index is 5.31. The second-order valence-electron chi connectivity index (χ2n) is 6.04. The summed E-state index contributed by atoms with van der Waals surface area (Å²) in [4.78, 5) is 2.47. The third kappa shape index (κ3) is 3.03. The fourth-order valence-electron chi connectivity index (χ4n) is 3.24. The van der Waals surface area contributed by atoms with E-state index in [0.29, 0.717) is 0 Å². The van der Waals surface area contributed by atoms with Gasteiger partial charge in [-0.05, 0) is 30.2 Å². The van der Waals surface area contributed by atoms with E-state index in [9.17, 15) is 0 Å². The molecule has 2 atom stereocenters. The van der Waals surface area contributed by atoms with Crippen molar-refractivity contribution in [1.82, 2.24) is 19.7 Å². The number of fused-ring (bicyclic) bond motifs is 1. The summed E-state index contributed by atoms with van der Waals surface area (Å²) in [5, 5.41) is 9.33. The van der Waals surface area contributed by atoms with E-state index in [-0.39, 0.29) is 12.2 Å². The Hall–Kier alpha value is -2.31. The molecule has 0 aliphatic carbocycles. The molecule has 0 spiro atoms. The Morgan fingerprint density at radius 3 is 2.60 bits per heavy atom. The van der Waals surface area contributed by atoms with Crippen molar-refractivity contribution in [3.05, 3.63) is 72.1 Å². The van der Waals surface area contributed by atoms with E-state index in [1.165, 1.54) is 11.1 Å². The average Bonchev–Trinajstić information content (AvgIpc) is 3.16. The molecule has 1 aliphatic rings. The largest absolute Gasteiger partial charge is 0.497 e. The Kier molecular flexibility index (Phi) is 4.46. The van der Waals surface area contributed by atoms with Gasteiger partial charge in [-0.15, -0.1) is 10.2 Å². The van der Waals surface area contributed by atoms with Crippen molar-refractivity contribution in [1.29, 1.82) is 0 Å². The number of ether oxygens (including phenoxy) is 1. The van der Waals surface area contributed by atoms with Crippen LogP contribution in [0, 0.1) is 0 Å². The number of methoxy groups -OCH3 is 1. The highest BCUT2D eigenvalue weighted by Crippen LogP contribution is 2.40. The first-order valence-electron chi connectivity index (χ1n) is 8.25. The number of aromatic nitrogens is 3. The van der Waals surface area contributed by atoms with Gasteiger partial charge in [0.05, 0.1) is 13.0 Å². The molecule has 0 saturated carbocycles. The minimum Gasteiger partial charge on any atom is -0.497 e. The van der Waals surface area contributed by atoms with Crippen LogP contribution in [0.25, 0.3) is 0 Å². The van der Waals surface area contributed by atoms with Crippen molar-refractivity contribution in [3.8, 4) is 5.75 Å². The van der Waals surface area contributed by atoms with Gasteiger partial charge in [-0.25, -0.2) is 0 Å². The summed E-state index contributed by atoms with van der Waals surface area (Å²) >= 11 is 1.72. The van der Waals surface area contributed by atoms with E-state index < -0.39 is 0 Å². The van der Waals surface area contributed by atoms with Gasteiger partial charge in [0.1, 0.15) is 18.2 Å². The SMILES string of the molecule is COc1ccc(C2N([C@@H](C)c3ccccc3)CSc3nncn32)cc1. The number of rotatable bonds is 4. The van der Waals surface area contributed by atoms with Crippen LogP contribution in [0.2, 0.25) is 0 Å². The third-order valence-corrected chi connectivity index (χ3v) is 5.63. The van der Waals surface area contributed by atoms with Crippen LogP contribution in [0.4, 0.5) is 0 Å². The first-order valence-corrected chi connectivity index (χ1v) is 9.23. The number of hydrogen-bond acceptors (Lipinski definition) is 5. The van der Waals surface area contributed by atoms with Gasteiger partial charge >= 0.3 is 0 Å². The molecule has 1 unspecified atom stereocenters. The first kappa shape index (κ1) is 16.2. The van der Waals surface area contributed by atoms with Crippen LogP contribution in [0.5, 0.6) is 5.75 Å². The van der Waals surface area contributed by atoms with Gasteiger partial charge in [0, 0.05) is 6.04 Å². The summed E-state index contributed by atoms with van der Waals surface area (Å²) in [6, 6.07) is 19.1. The standard InChI is InChI=1S/C19H20N4OS/c1-14(15-6-4-3-5-7-15)23-13-25-19-21-20-12-22(19)18(23)16-8-10-17(24-2)11-9-16/h3-12,14,18H,13H2,1-2H3/t14-,18?/m0/s1. The second-order valence-corrected chi connectivity index (χ2v) is 6.95. The topological polar surface area (TPSA) is 43.2 Å². The molecule has 0 amide bonds. The number of hydrogen-bond donors (Lipinski definition) is 0. The van der Waals surface area contributed by atoms with Gasteiger partial charge < -0.3 is 4.74 Å². The van der Waals surface area contributed by atoms with Crippen LogP contribution in [-0.4, -0.2) is 32.7 Å². The summed E-state index contributed by atoms with van der Waals surface area (Å²) in [6.07, 6.45) is 1.88. The third-order valence-electron chi connectivity index (χ3n) is 4.65. The van der Waals surface area contributed by atoms with Crippen LogP contribution in [0.3, 0.4) is 0 Å². The molecule has 0 radical (unpaired) electrons. The molecule has 2 heterocycles. The summed E-state index contributed by atoms with van der Waals surface area (Å²) in [5.74, 6) is 1.73. The zero-order valence-corrected chi connectivity index (χ0v) is 15.1. The minimum atomic E-state index is 0.0624.